The van der Waals surface area contributed by atoms with Gasteiger partial charge in [0.15, 0.2) is 0 Å². The maximum atomic E-state index is 3.63. The Morgan fingerprint density at radius 2 is 1.45 bits per heavy atom. The van der Waals surface area contributed by atoms with Gasteiger partial charge in [-0.05, 0) is 61.9 Å². The molecule has 114 valence electrons. The number of anilines is 2. The standard InChI is InChI=1S/C20H24N2/c1-3-8-19-16(6-1)10-11-17-7-2-4-9-20(17)22(19)15-5-14-21-18-12-13-18/h1-4,6-9,18,21H,5,10-15H2. The Labute approximate surface area is 133 Å². The SMILES string of the molecule is c1ccc2c(c1)CCc1ccccc1N2CCCNC1CC1. The number of hydrogen-bond donors (Lipinski definition) is 1. The predicted molar refractivity (Wildman–Crippen MR) is 92.9 cm³/mol. The van der Waals surface area contributed by atoms with Gasteiger partial charge in [0.05, 0.1) is 0 Å². The van der Waals surface area contributed by atoms with Crippen LogP contribution in [0, 0.1) is 0 Å². The fourth-order valence-electron chi connectivity index (χ4n) is 3.44. The highest BCUT2D eigenvalue weighted by Gasteiger charge is 2.21. The lowest BCUT2D eigenvalue weighted by Crippen LogP contribution is -2.25. The highest BCUT2D eigenvalue weighted by atomic mass is 15.1. The van der Waals surface area contributed by atoms with Gasteiger partial charge in [-0.1, -0.05) is 36.4 Å². The lowest BCUT2D eigenvalue weighted by atomic mass is 10.0. The quantitative estimate of drug-likeness (QED) is 0.836. The number of benzene rings is 2. The van der Waals surface area contributed by atoms with Crippen molar-refractivity contribution in [1.29, 1.82) is 0 Å². The van der Waals surface area contributed by atoms with Crippen molar-refractivity contribution < 1.29 is 0 Å². The van der Waals surface area contributed by atoms with Crippen molar-refractivity contribution in [3.05, 3.63) is 59.7 Å². The number of nitrogens with one attached hydrogen (secondary N) is 1. The Morgan fingerprint density at radius 3 is 2.05 bits per heavy atom. The molecule has 0 amide bonds. The first-order valence-corrected chi connectivity index (χ1v) is 8.58. The van der Waals surface area contributed by atoms with E-state index in [-0.39, 0.29) is 0 Å². The molecule has 2 aromatic carbocycles. The summed E-state index contributed by atoms with van der Waals surface area (Å²) in [6, 6.07) is 18.6. The van der Waals surface area contributed by atoms with E-state index in [0.717, 1.165) is 32.0 Å². The van der Waals surface area contributed by atoms with Crippen LogP contribution in [0.5, 0.6) is 0 Å². The van der Waals surface area contributed by atoms with Crippen LogP contribution in [0.4, 0.5) is 11.4 Å². The molecule has 2 aromatic rings. The minimum atomic E-state index is 0.809. The fourth-order valence-corrected chi connectivity index (χ4v) is 3.44. The van der Waals surface area contributed by atoms with E-state index in [4.69, 9.17) is 0 Å². The third kappa shape index (κ3) is 2.89. The van der Waals surface area contributed by atoms with Crippen molar-refractivity contribution in [3.63, 3.8) is 0 Å². The summed E-state index contributed by atoms with van der Waals surface area (Å²) in [6.07, 6.45) is 6.22. The summed E-state index contributed by atoms with van der Waals surface area (Å²) >= 11 is 0. The number of nitrogens with zero attached hydrogens (tertiary/aromatic N) is 1. The van der Waals surface area contributed by atoms with Crippen molar-refractivity contribution in [2.75, 3.05) is 18.0 Å². The summed E-state index contributed by atoms with van der Waals surface area (Å²) in [5, 5.41) is 3.63. The van der Waals surface area contributed by atoms with Crippen molar-refractivity contribution in [3.8, 4) is 0 Å². The summed E-state index contributed by atoms with van der Waals surface area (Å²) in [6.45, 7) is 2.22. The molecule has 1 N–H and O–H groups in total. The topological polar surface area (TPSA) is 15.3 Å². The van der Waals surface area contributed by atoms with Crippen molar-refractivity contribution in [2.24, 2.45) is 0 Å². The number of rotatable bonds is 5. The molecule has 2 aliphatic rings. The van der Waals surface area contributed by atoms with Gasteiger partial charge in [-0.2, -0.15) is 0 Å². The molecule has 1 saturated carbocycles. The number of para-hydroxylation sites is 2. The van der Waals surface area contributed by atoms with E-state index < -0.39 is 0 Å². The molecule has 0 atom stereocenters. The number of aryl methyl sites for hydroxylation is 2. The average Bonchev–Trinajstić information content (AvgIpc) is 3.39. The Balaban J connectivity index is 1.58. The first kappa shape index (κ1) is 13.8. The number of fused-ring (bicyclic) bond motifs is 2. The van der Waals surface area contributed by atoms with Gasteiger partial charge in [-0.15, -0.1) is 0 Å². The largest absolute Gasteiger partial charge is 0.341 e. The second-order valence-corrected chi connectivity index (χ2v) is 6.49. The molecule has 0 radical (unpaired) electrons. The Bertz CT molecular complexity index is 598. The molecule has 0 aromatic heterocycles. The monoisotopic (exact) mass is 292 g/mol. The fraction of sp³-hybridized carbons (Fsp3) is 0.400. The van der Waals surface area contributed by atoms with Gasteiger partial charge < -0.3 is 10.2 Å². The molecule has 1 fully saturated rings. The predicted octanol–water partition coefficient (Wildman–Crippen LogP) is 4.07. The Kier molecular flexibility index (Phi) is 3.86. The molecule has 1 aliphatic carbocycles. The highest BCUT2D eigenvalue weighted by molar-refractivity contribution is 5.71. The van der Waals surface area contributed by atoms with Gasteiger partial charge in [0, 0.05) is 24.0 Å². The summed E-state index contributed by atoms with van der Waals surface area (Å²) in [4.78, 5) is 2.53. The van der Waals surface area contributed by atoms with Crippen LogP contribution in [0.1, 0.15) is 30.4 Å². The molecule has 22 heavy (non-hydrogen) atoms. The smallest absolute Gasteiger partial charge is 0.0443 e. The van der Waals surface area contributed by atoms with E-state index in [1.54, 1.807) is 0 Å². The normalized spacial score (nSPS) is 16.8. The van der Waals surface area contributed by atoms with Gasteiger partial charge in [0.1, 0.15) is 0 Å². The van der Waals surface area contributed by atoms with E-state index >= 15 is 0 Å². The van der Waals surface area contributed by atoms with Gasteiger partial charge >= 0.3 is 0 Å². The Hall–Kier alpha value is -1.80. The lowest BCUT2D eigenvalue weighted by molar-refractivity contribution is 0.647. The average molecular weight is 292 g/mol. The van der Waals surface area contributed by atoms with Gasteiger partial charge in [0.25, 0.3) is 0 Å². The summed E-state index contributed by atoms with van der Waals surface area (Å²) in [5.74, 6) is 0. The molecule has 1 aliphatic heterocycles. The highest BCUT2D eigenvalue weighted by Crippen LogP contribution is 2.35. The minimum absolute atomic E-state index is 0.809. The molecule has 2 nitrogen and oxygen atoms in total. The molecule has 4 rings (SSSR count). The maximum absolute atomic E-state index is 3.63. The maximum Gasteiger partial charge on any atom is 0.0443 e. The van der Waals surface area contributed by atoms with Crippen LogP contribution in [-0.2, 0) is 12.8 Å². The zero-order valence-electron chi connectivity index (χ0n) is 13.1. The molecular formula is C20H24N2. The van der Waals surface area contributed by atoms with E-state index in [9.17, 15) is 0 Å². The second kappa shape index (κ2) is 6.13. The molecule has 0 spiro atoms. The van der Waals surface area contributed by atoms with Crippen LogP contribution >= 0.6 is 0 Å². The minimum Gasteiger partial charge on any atom is -0.341 e. The summed E-state index contributed by atoms with van der Waals surface area (Å²) in [5.41, 5.74) is 5.76. The third-order valence-electron chi connectivity index (χ3n) is 4.80. The van der Waals surface area contributed by atoms with Crippen LogP contribution in [0.25, 0.3) is 0 Å². The van der Waals surface area contributed by atoms with Crippen LogP contribution in [0.3, 0.4) is 0 Å². The van der Waals surface area contributed by atoms with Gasteiger partial charge in [-0.25, -0.2) is 0 Å². The Morgan fingerprint density at radius 1 is 0.864 bits per heavy atom. The zero-order valence-corrected chi connectivity index (χ0v) is 13.1. The molecular weight excluding hydrogens is 268 g/mol. The lowest BCUT2D eigenvalue weighted by Gasteiger charge is -2.27. The van der Waals surface area contributed by atoms with Gasteiger partial charge in [0.2, 0.25) is 0 Å². The molecule has 2 heteroatoms. The van der Waals surface area contributed by atoms with Crippen LogP contribution < -0.4 is 10.2 Å². The van der Waals surface area contributed by atoms with Crippen molar-refractivity contribution in [1.82, 2.24) is 5.32 Å². The second-order valence-electron chi connectivity index (χ2n) is 6.49. The molecule has 0 saturated heterocycles. The van der Waals surface area contributed by atoms with Crippen LogP contribution in [0.15, 0.2) is 48.5 Å². The van der Waals surface area contributed by atoms with E-state index in [1.807, 2.05) is 0 Å². The zero-order chi connectivity index (χ0) is 14.8. The third-order valence-corrected chi connectivity index (χ3v) is 4.80. The molecule has 1 heterocycles. The number of hydrogen-bond acceptors (Lipinski definition) is 2. The van der Waals surface area contributed by atoms with Crippen LogP contribution in [-0.4, -0.2) is 19.1 Å². The summed E-state index contributed by atoms with van der Waals surface area (Å²) in [7, 11) is 0. The van der Waals surface area contributed by atoms with E-state index in [2.05, 4.69) is 58.7 Å². The first-order chi connectivity index (χ1) is 10.9. The summed E-state index contributed by atoms with van der Waals surface area (Å²) < 4.78 is 0. The van der Waals surface area contributed by atoms with Gasteiger partial charge in [-0.3, -0.25) is 0 Å². The van der Waals surface area contributed by atoms with Crippen molar-refractivity contribution >= 4 is 11.4 Å². The first-order valence-electron chi connectivity index (χ1n) is 8.58. The van der Waals surface area contributed by atoms with Crippen LogP contribution in [0.2, 0.25) is 0 Å². The van der Waals surface area contributed by atoms with Crippen molar-refractivity contribution in [2.45, 2.75) is 38.1 Å². The molecule has 0 unspecified atom stereocenters. The molecule has 0 bridgehead atoms. The van der Waals surface area contributed by atoms with E-state index in [0.29, 0.717) is 0 Å². The van der Waals surface area contributed by atoms with E-state index in [1.165, 1.54) is 41.8 Å².